The van der Waals surface area contributed by atoms with E-state index in [0.717, 1.165) is 40.3 Å². The molecular weight excluding hydrogens is 1150 g/mol. The number of benzene rings is 2. The second-order valence-electron chi connectivity index (χ2n) is 19.7. The van der Waals surface area contributed by atoms with Gasteiger partial charge < -0.3 is 90.2 Å². The molecule has 29 nitrogen and oxygen atoms in total. The Kier molecular flexibility index (Phi) is 27.1. The highest BCUT2D eigenvalue weighted by atomic mass is 33.1. The number of carboxylic acid groups (broad SMARTS) is 1. The minimum atomic E-state index is -1.94. The molecular formula is C51H72N12O17S3. The maximum absolute atomic E-state index is 14.3. The summed E-state index contributed by atoms with van der Waals surface area (Å²) in [6, 6.07) is -5.40. The van der Waals surface area contributed by atoms with Gasteiger partial charge in [0.05, 0.1) is 24.7 Å². The summed E-state index contributed by atoms with van der Waals surface area (Å²) in [6.45, 7) is 2.08. The number of phenols is 2. The van der Waals surface area contributed by atoms with Crippen molar-refractivity contribution in [2.45, 2.75) is 138 Å². The van der Waals surface area contributed by atoms with Gasteiger partial charge in [0, 0.05) is 37.3 Å². The molecule has 0 aromatic heterocycles. The van der Waals surface area contributed by atoms with Crippen LogP contribution in [0.15, 0.2) is 48.5 Å². The maximum atomic E-state index is 14.3. The Morgan fingerprint density at radius 1 is 0.602 bits per heavy atom. The van der Waals surface area contributed by atoms with Crippen molar-refractivity contribution in [1.82, 2.24) is 47.4 Å². The Hall–Kier alpha value is -7.39. The quantitative estimate of drug-likeness (QED) is 0.0744. The minimum absolute atomic E-state index is 0.0326. The normalized spacial score (nSPS) is 26.3. The van der Waals surface area contributed by atoms with Gasteiger partial charge in [0.1, 0.15) is 65.9 Å². The van der Waals surface area contributed by atoms with Crippen LogP contribution >= 0.6 is 33.3 Å². The average molecular weight is 1220 g/mol. The average Bonchev–Trinajstić information content (AvgIpc) is 4.19. The Morgan fingerprint density at radius 3 is 1.54 bits per heavy atom. The lowest BCUT2D eigenvalue weighted by atomic mass is 10.0. The van der Waals surface area contributed by atoms with Crippen molar-refractivity contribution in [1.29, 1.82) is 0 Å². The van der Waals surface area contributed by atoms with Gasteiger partial charge in [0.15, 0.2) is 0 Å². The fraction of sp³-hybridized carbons (Fsp3) is 0.529. The number of thioether (sulfide) groups is 1. The molecule has 2 aliphatic rings. The third kappa shape index (κ3) is 21.7. The summed E-state index contributed by atoms with van der Waals surface area (Å²) in [7, 11) is 1.82. The Labute approximate surface area is 489 Å². The lowest BCUT2D eigenvalue weighted by molar-refractivity contribution is -0.144. The molecule has 4 rings (SSSR count). The summed E-state index contributed by atoms with van der Waals surface area (Å²) in [4.78, 5) is 165. The van der Waals surface area contributed by atoms with E-state index >= 15 is 0 Å². The number of carbonyl (C=O) groups excluding carboxylic acids is 11. The number of carbonyl (C=O) groups is 12. The van der Waals surface area contributed by atoms with E-state index < -0.39 is 163 Å². The number of aliphatic hydroxyl groups excluding tert-OH is 2. The summed E-state index contributed by atoms with van der Waals surface area (Å²) in [6.07, 6.45) is -4.10. The molecule has 83 heavy (non-hydrogen) atoms. The molecule has 11 amide bonds. The molecule has 456 valence electrons. The second kappa shape index (κ2) is 33.0. The zero-order valence-electron chi connectivity index (χ0n) is 45.6. The molecule has 0 saturated carbocycles. The van der Waals surface area contributed by atoms with Gasteiger partial charge in [0.2, 0.25) is 65.0 Å². The summed E-state index contributed by atoms with van der Waals surface area (Å²) in [5, 5.41) is 71.2. The molecule has 19 N–H and O–H groups in total. The zero-order chi connectivity index (χ0) is 61.7. The molecule has 32 heteroatoms. The number of hydrogen-bond donors (Lipinski definition) is 16. The number of aliphatic hydroxyl groups is 2. The monoisotopic (exact) mass is 1220 g/mol. The number of carboxylic acids is 1. The number of rotatable bonds is 15. The third-order valence-electron chi connectivity index (χ3n) is 13.1. The molecule has 2 saturated heterocycles. The van der Waals surface area contributed by atoms with Crippen LogP contribution in [-0.2, 0) is 70.4 Å². The molecule has 0 spiro atoms. The summed E-state index contributed by atoms with van der Waals surface area (Å²) < 4.78 is 0. The SMILES string of the molecule is CSCC[C@H]1NC(=O)[C@@H](CCC(N)=O)NC(=O)[C@@H](Cc2ccc(O)cc2)NC(=O)[C@@H]([C@H](C)O)NC(=O)[C@@H]([C@H](C)O)NC(=O)[C@H]2CCCN2C(=O)[C@@H](CC(N)=O)NC(=O)[C@@H](Cc2ccc(O)cc2)NC(=O)[C@H](N)CSSC[C@H](C(=O)O)NC1=O. The number of nitrogens with two attached hydrogens (primary N) is 3. The Balaban J connectivity index is 1.78. The van der Waals surface area contributed by atoms with Crippen molar-refractivity contribution < 1.29 is 83.1 Å². The van der Waals surface area contributed by atoms with Crippen molar-refractivity contribution in [2.24, 2.45) is 17.2 Å². The smallest absolute Gasteiger partial charge is 0.327 e. The van der Waals surface area contributed by atoms with Gasteiger partial charge in [-0.05, 0) is 86.9 Å². The predicted octanol–water partition coefficient (Wildman–Crippen LogP) is -4.79. The molecule has 0 aliphatic carbocycles. The van der Waals surface area contributed by atoms with Crippen molar-refractivity contribution in [3.8, 4) is 11.5 Å². The van der Waals surface area contributed by atoms with Gasteiger partial charge in [-0.25, -0.2) is 4.79 Å². The van der Waals surface area contributed by atoms with Crippen LogP contribution in [0.4, 0.5) is 0 Å². The third-order valence-corrected chi connectivity index (χ3v) is 16.2. The number of amides is 11. The van der Waals surface area contributed by atoms with E-state index in [1.165, 1.54) is 60.3 Å². The highest BCUT2D eigenvalue weighted by molar-refractivity contribution is 8.76. The highest BCUT2D eigenvalue weighted by Crippen LogP contribution is 2.24. The van der Waals surface area contributed by atoms with E-state index in [1.54, 1.807) is 6.26 Å². The highest BCUT2D eigenvalue weighted by Gasteiger charge is 2.42. The lowest BCUT2D eigenvalue weighted by Crippen LogP contribution is -2.63. The van der Waals surface area contributed by atoms with Crippen LogP contribution in [0.2, 0.25) is 0 Å². The van der Waals surface area contributed by atoms with E-state index in [-0.39, 0.29) is 67.4 Å². The Morgan fingerprint density at radius 2 is 1.05 bits per heavy atom. The lowest BCUT2D eigenvalue weighted by Gasteiger charge is -2.31. The summed E-state index contributed by atoms with van der Waals surface area (Å²) in [5.74, 6) is -13.5. The van der Waals surface area contributed by atoms with Gasteiger partial charge in [-0.1, -0.05) is 45.9 Å². The van der Waals surface area contributed by atoms with Crippen LogP contribution < -0.4 is 59.7 Å². The first-order valence-electron chi connectivity index (χ1n) is 26.1. The predicted molar refractivity (Wildman–Crippen MR) is 303 cm³/mol. The standard InChI is InChI=1S/C51H72N12O17S3/c1-24(64)40-48(76)58-34(20-27-8-12-29(67)13-9-27)45(73)55-31(14-15-38(53)68)43(71)56-32(16-18-81-3)44(72)60-36(51(79)80)23-83-82-22-30(52)42(70)57-33(19-26-6-10-28(66)11-7-26)46(74)59-35(21-39(54)69)50(78)63-17-4-5-37(63)47(75)61-41(25(2)65)49(77)62-40/h6-13,24-25,30-37,40-41,64-67H,4-5,14-23,52H2,1-3H3,(H2,53,68)(H2,54,69)(H,55,73)(H,56,71)(H,57,70)(H,58,76)(H,59,74)(H,60,72)(H,61,75)(H,62,77)(H,79,80)/t24-,25-,30+,31+,32+,33+,34+,35+,36+,37+,40+,41+/m0/s1. The Bertz CT molecular complexity index is 2660. The van der Waals surface area contributed by atoms with Crippen LogP contribution in [0.5, 0.6) is 11.5 Å². The largest absolute Gasteiger partial charge is 0.508 e. The molecule has 2 aliphatic heterocycles. The van der Waals surface area contributed by atoms with Crippen LogP contribution in [-0.4, -0.2) is 204 Å². The number of fused-ring (bicyclic) bond motifs is 1. The number of phenolic OH excluding ortho intramolecular Hbond substituents is 2. The van der Waals surface area contributed by atoms with Crippen molar-refractivity contribution in [3.05, 3.63) is 59.7 Å². The van der Waals surface area contributed by atoms with E-state index in [2.05, 4.69) is 42.5 Å². The molecule has 0 unspecified atom stereocenters. The molecule has 2 heterocycles. The van der Waals surface area contributed by atoms with Crippen LogP contribution in [0, 0.1) is 0 Å². The second-order valence-corrected chi connectivity index (χ2v) is 23.3. The van der Waals surface area contributed by atoms with Crippen LogP contribution in [0.3, 0.4) is 0 Å². The van der Waals surface area contributed by atoms with Crippen LogP contribution in [0.25, 0.3) is 0 Å². The molecule has 12 atom stereocenters. The fourth-order valence-electron chi connectivity index (χ4n) is 8.54. The number of nitrogens with zero attached hydrogens (tertiary/aromatic N) is 1. The van der Waals surface area contributed by atoms with E-state index in [0.29, 0.717) is 11.1 Å². The molecule has 0 bridgehead atoms. The van der Waals surface area contributed by atoms with E-state index in [1.807, 2.05) is 0 Å². The molecule has 2 aromatic rings. The number of aromatic hydroxyl groups is 2. The minimum Gasteiger partial charge on any atom is -0.508 e. The number of primary amides is 2. The van der Waals surface area contributed by atoms with Crippen molar-refractivity contribution in [3.63, 3.8) is 0 Å². The topological polar surface area (TPSA) is 484 Å². The van der Waals surface area contributed by atoms with Gasteiger partial charge >= 0.3 is 5.97 Å². The van der Waals surface area contributed by atoms with E-state index in [4.69, 9.17) is 17.2 Å². The first-order chi connectivity index (χ1) is 39.2. The van der Waals surface area contributed by atoms with Crippen LogP contribution in [0.1, 0.15) is 63.5 Å². The van der Waals surface area contributed by atoms with Gasteiger partial charge in [-0.15, -0.1) is 0 Å². The summed E-state index contributed by atoms with van der Waals surface area (Å²) >= 11 is 1.27. The number of hydrogen-bond acceptors (Lipinski definition) is 20. The number of aliphatic carboxylic acids is 1. The first-order valence-corrected chi connectivity index (χ1v) is 30.0. The number of nitrogens with one attached hydrogen (secondary N) is 8. The van der Waals surface area contributed by atoms with Gasteiger partial charge in [-0.2, -0.15) is 11.8 Å². The maximum Gasteiger partial charge on any atom is 0.327 e. The molecule has 0 radical (unpaired) electrons. The fourth-order valence-corrected chi connectivity index (χ4v) is 11.3. The van der Waals surface area contributed by atoms with Crippen molar-refractivity contribution >= 4 is 104 Å². The van der Waals surface area contributed by atoms with E-state index in [9.17, 15) is 83.1 Å². The van der Waals surface area contributed by atoms with Crippen molar-refractivity contribution in [2.75, 3.05) is 30.1 Å². The molecule has 2 aromatic carbocycles. The van der Waals surface area contributed by atoms with Gasteiger partial charge in [0.25, 0.3) is 0 Å². The van der Waals surface area contributed by atoms with Gasteiger partial charge in [-0.3, -0.25) is 52.7 Å². The first kappa shape index (κ1) is 68.1. The summed E-state index contributed by atoms with van der Waals surface area (Å²) in [5.41, 5.74) is 17.9. The molecule has 2 fully saturated rings. The zero-order valence-corrected chi connectivity index (χ0v) is 48.0.